The lowest BCUT2D eigenvalue weighted by Crippen LogP contribution is -2.52. The topological polar surface area (TPSA) is 56.6 Å². The number of nitriles is 1. The largest absolute Gasteiger partial charge is 0.481 e. The lowest BCUT2D eigenvalue weighted by Gasteiger charge is -2.37. The minimum absolute atomic E-state index is 0.0341. The third-order valence-corrected chi connectivity index (χ3v) is 4.68. The van der Waals surface area contributed by atoms with E-state index in [0.29, 0.717) is 42.5 Å². The molecule has 134 valence electrons. The number of anilines is 1. The number of rotatable bonds is 4. The zero-order chi connectivity index (χ0) is 18.5. The zero-order valence-electron chi connectivity index (χ0n) is 14.6. The molecule has 0 spiro atoms. The van der Waals surface area contributed by atoms with Crippen molar-refractivity contribution in [3.8, 4) is 11.8 Å². The minimum atomic E-state index is -0.561. The quantitative estimate of drug-likeness (QED) is 0.829. The summed E-state index contributed by atoms with van der Waals surface area (Å²) in [5, 5.41) is 9.88. The molecule has 0 aromatic heterocycles. The molecule has 0 radical (unpaired) electrons. The monoisotopic (exact) mass is 369 g/mol. The van der Waals surface area contributed by atoms with E-state index in [0.717, 1.165) is 5.69 Å². The number of hydrogen-bond donors (Lipinski definition) is 0. The average molecular weight is 370 g/mol. The van der Waals surface area contributed by atoms with Crippen LogP contribution in [-0.4, -0.2) is 43.1 Å². The summed E-state index contributed by atoms with van der Waals surface area (Å²) in [5.74, 6) is 0.588. The first-order chi connectivity index (χ1) is 12.6. The first-order valence-corrected chi connectivity index (χ1v) is 8.91. The van der Waals surface area contributed by atoms with Crippen LogP contribution < -0.4 is 9.64 Å². The van der Waals surface area contributed by atoms with Crippen molar-refractivity contribution in [1.29, 1.82) is 5.26 Å². The number of hydrogen-bond acceptors (Lipinski definition) is 4. The molecule has 26 heavy (non-hydrogen) atoms. The van der Waals surface area contributed by atoms with Crippen molar-refractivity contribution in [2.75, 3.05) is 31.1 Å². The van der Waals surface area contributed by atoms with E-state index in [1.54, 1.807) is 31.2 Å². The van der Waals surface area contributed by atoms with Gasteiger partial charge >= 0.3 is 0 Å². The van der Waals surface area contributed by atoms with Crippen LogP contribution in [0, 0.1) is 11.3 Å². The van der Waals surface area contributed by atoms with Gasteiger partial charge in [0.1, 0.15) is 11.8 Å². The van der Waals surface area contributed by atoms with Gasteiger partial charge in [-0.3, -0.25) is 4.79 Å². The lowest BCUT2D eigenvalue weighted by molar-refractivity contribution is -0.138. The summed E-state index contributed by atoms with van der Waals surface area (Å²) in [4.78, 5) is 16.6. The Hall–Kier alpha value is -2.71. The maximum absolute atomic E-state index is 12.6. The number of carbonyl (C=O) groups is 1. The second-order valence-corrected chi connectivity index (χ2v) is 6.59. The Morgan fingerprint density at radius 1 is 1.12 bits per heavy atom. The van der Waals surface area contributed by atoms with Gasteiger partial charge in [0.25, 0.3) is 5.91 Å². The van der Waals surface area contributed by atoms with Gasteiger partial charge in [-0.15, -0.1) is 0 Å². The average Bonchev–Trinajstić information content (AvgIpc) is 2.69. The van der Waals surface area contributed by atoms with Crippen molar-refractivity contribution in [3.63, 3.8) is 0 Å². The van der Waals surface area contributed by atoms with Crippen LogP contribution in [0.1, 0.15) is 12.5 Å². The van der Waals surface area contributed by atoms with Crippen LogP contribution in [-0.2, 0) is 4.79 Å². The van der Waals surface area contributed by atoms with Gasteiger partial charge in [0.05, 0.1) is 11.3 Å². The highest BCUT2D eigenvalue weighted by atomic mass is 35.5. The van der Waals surface area contributed by atoms with Crippen LogP contribution in [0.15, 0.2) is 48.5 Å². The molecule has 0 bridgehead atoms. The predicted octanol–water partition coefficient (Wildman–Crippen LogP) is 3.33. The van der Waals surface area contributed by atoms with E-state index in [2.05, 4.69) is 11.0 Å². The standard InChI is InChI=1S/C20H20ClN3O2/c1-15(26-18-8-6-17(21)7-9-18)20(25)24-12-10-23(11-13-24)19-5-3-2-4-16(19)14-22/h2-9,15H,10-13H2,1H3. The summed E-state index contributed by atoms with van der Waals surface area (Å²) in [7, 11) is 0. The van der Waals surface area contributed by atoms with Gasteiger partial charge in [-0.1, -0.05) is 23.7 Å². The number of para-hydroxylation sites is 1. The molecule has 1 aliphatic heterocycles. The molecule has 1 atom stereocenters. The van der Waals surface area contributed by atoms with E-state index in [1.165, 1.54) is 0 Å². The minimum Gasteiger partial charge on any atom is -0.481 e. The maximum Gasteiger partial charge on any atom is 0.263 e. The van der Waals surface area contributed by atoms with Gasteiger partial charge in [-0.2, -0.15) is 5.26 Å². The molecule has 0 aliphatic carbocycles. The third kappa shape index (κ3) is 4.09. The highest BCUT2D eigenvalue weighted by molar-refractivity contribution is 6.30. The second-order valence-electron chi connectivity index (χ2n) is 6.16. The van der Waals surface area contributed by atoms with E-state index < -0.39 is 6.10 Å². The molecule has 6 heteroatoms. The van der Waals surface area contributed by atoms with Crippen LogP contribution in [0.5, 0.6) is 5.75 Å². The first kappa shape index (κ1) is 18.1. The molecule has 0 N–H and O–H groups in total. The fourth-order valence-corrected chi connectivity index (χ4v) is 3.16. The molecule has 0 saturated carbocycles. The highest BCUT2D eigenvalue weighted by Crippen LogP contribution is 2.22. The Labute approximate surface area is 158 Å². The van der Waals surface area contributed by atoms with E-state index in [1.807, 2.05) is 29.2 Å². The molecule has 5 nitrogen and oxygen atoms in total. The summed E-state index contributed by atoms with van der Waals surface area (Å²) in [5.41, 5.74) is 1.58. The van der Waals surface area contributed by atoms with Gasteiger partial charge in [-0.25, -0.2) is 0 Å². The number of ether oxygens (including phenoxy) is 1. The maximum atomic E-state index is 12.6. The molecule has 1 saturated heterocycles. The smallest absolute Gasteiger partial charge is 0.263 e. The molecule has 1 amide bonds. The fraction of sp³-hybridized carbons (Fsp3) is 0.300. The fourth-order valence-electron chi connectivity index (χ4n) is 3.04. The van der Waals surface area contributed by atoms with Gasteiger partial charge in [0.2, 0.25) is 0 Å². The molecule has 1 heterocycles. The Balaban J connectivity index is 1.58. The predicted molar refractivity (Wildman–Crippen MR) is 101 cm³/mol. The Morgan fingerprint density at radius 2 is 1.77 bits per heavy atom. The molecule has 1 fully saturated rings. The van der Waals surface area contributed by atoms with Crippen LogP contribution in [0.3, 0.4) is 0 Å². The summed E-state index contributed by atoms with van der Waals surface area (Å²) in [6, 6.07) is 16.7. The van der Waals surface area contributed by atoms with Gasteiger partial charge in [0.15, 0.2) is 6.10 Å². The molecular weight excluding hydrogens is 350 g/mol. The lowest BCUT2D eigenvalue weighted by atomic mass is 10.1. The van der Waals surface area contributed by atoms with Crippen molar-refractivity contribution in [1.82, 2.24) is 4.90 Å². The van der Waals surface area contributed by atoms with E-state index in [-0.39, 0.29) is 5.91 Å². The van der Waals surface area contributed by atoms with Crippen molar-refractivity contribution < 1.29 is 9.53 Å². The van der Waals surface area contributed by atoms with Crippen molar-refractivity contribution in [2.24, 2.45) is 0 Å². The number of nitrogens with zero attached hydrogens (tertiary/aromatic N) is 3. The van der Waals surface area contributed by atoms with Crippen molar-refractivity contribution in [3.05, 3.63) is 59.1 Å². The highest BCUT2D eigenvalue weighted by Gasteiger charge is 2.26. The number of carbonyl (C=O) groups excluding carboxylic acids is 1. The number of piperazine rings is 1. The summed E-state index contributed by atoms with van der Waals surface area (Å²) in [6.45, 7) is 4.35. The van der Waals surface area contributed by atoms with Crippen LogP contribution in [0.4, 0.5) is 5.69 Å². The van der Waals surface area contributed by atoms with E-state index >= 15 is 0 Å². The molecule has 1 unspecified atom stereocenters. The van der Waals surface area contributed by atoms with Gasteiger partial charge < -0.3 is 14.5 Å². The Bertz CT molecular complexity index is 809. The molecule has 1 aliphatic rings. The summed E-state index contributed by atoms with van der Waals surface area (Å²) >= 11 is 5.86. The third-order valence-electron chi connectivity index (χ3n) is 4.43. The molecular formula is C20H20ClN3O2. The zero-order valence-corrected chi connectivity index (χ0v) is 15.3. The number of benzene rings is 2. The van der Waals surface area contributed by atoms with E-state index in [4.69, 9.17) is 16.3 Å². The van der Waals surface area contributed by atoms with Crippen LogP contribution in [0.25, 0.3) is 0 Å². The SMILES string of the molecule is CC(Oc1ccc(Cl)cc1)C(=O)N1CCN(c2ccccc2C#N)CC1. The van der Waals surface area contributed by atoms with Crippen LogP contribution >= 0.6 is 11.6 Å². The Morgan fingerprint density at radius 3 is 2.42 bits per heavy atom. The normalized spacial score (nSPS) is 15.3. The van der Waals surface area contributed by atoms with E-state index in [9.17, 15) is 10.1 Å². The number of amides is 1. The van der Waals surface area contributed by atoms with Gasteiger partial charge in [-0.05, 0) is 43.3 Å². The molecule has 2 aromatic rings. The van der Waals surface area contributed by atoms with Crippen molar-refractivity contribution >= 4 is 23.2 Å². The van der Waals surface area contributed by atoms with Crippen molar-refractivity contribution in [2.45, 2.75) is 13.0 Å². The van der Waals surface area contributed by atoms with Crippen LogP contribution in [0.2, 0.25) is 5.02 Å². The summed E-state index contributed by atoms with van der Waals surface area (Å²) in [6.07, 6.45) is -0.561. The summed E-state index contributed by atoms with van der Waals surface area (Å²) < 4.78 is 5.73. The second kappa shape index (κ2) is 8.11. The first-order valence-electron chi connectivity index (χ1n) is 8.53. The molecule has 3 rings (SSSR count). The van der Waals surface area contributed by atoms with Gasteiger partial charge in [0, 0.05) is 31.2 Å². The Kier molecular flexibility index (Phi) is 5.65. The number of halogens is 1. The molecule has 2 aromatic carbocycles.